The fraction of sp³-hybridized carbons (Fsp3) is 0.915. The quantitative estimate of drug-likeness (QED) is 0.0196. The van der Waals surface area contributed by atoms with Crippen molar-refractivity contribution < 1.29 is 42.1 Å². The topological polar surface area (TPSA) is 111 Å². The molecule has 0 saturated heterocycles. The van der Waals surface area contributed by atoms with Gasteiger partial charge >= 0.3 is 11.9 Å². The summed E-state index contributed by atoms with van der Waals surface area (Å²) in [4.78, 5) is 37.4. The second kappa shape index (κ2) is 40.2. The number of ether oxygens (including phenoxy) is 2. The van der Waals surface area contributed by atoms with Crippen molar-refractivity contribution in [2.75, 3.05) is 47.5 Å². The first-order chi connectivity index (χ1) is 27.5. The molecule has 0 aliphatic rings. The van der Waals surface area contributed by atoms with Gasteiger partial charge in [-0.3, -0.25) is 14.2 Å². The maximum Gasteiger partial charge on any atom is 0.306 e. The van der Waals surface area contributed by atoms with E-state index in [0.717, 1.165) is 32.1 Å². The molecule has 0 aromatic heterocycles. The lowest BCUT2D eigenvalue weighted by Crippen LogP contribution is -2.37. The molecule has 0 saturated carbocycles. The Bertz CT molecular complexity index is 985. The number of carbonyl (C=O) groups excluding carboxylic acids is 2. The average Bonchev–Trinajstić information content (AvgIpc) is 3.16. The molecule has 0 bridgehead atoms. The zero-order chi connectivity index (χ0) is 42.1. The molecule has 0 aliphatic heterocycles. The molecule has 0 spiro atoms. The zero-order valence-corrected chi connectivity index (χ0v) is 38.9. The summed E-state index contributed by atoms with van der Waals surface area (Å²) in [6.07, 6.45) is 42.6. The molecule has 0 N–H and O–H groups in total. The Morgan fingerprint density at radius 1 is 0.526 bits per heavy atom. The van der Waals surface area contributed by atoms with Gasteiger partial charge in [-0.1, -0.05) is 187 Å². The van der Waals surface area contributed by atoms with Crippen molar-refractivity contribution in [3.05, 3.63) is 12.2 Å². The van der Waals surface area contributed by atoms with Crippen molar-refractivity contribution in [3.8, 4) is 0 Å². The number of esters is 2. The molecule has 0 amide bonds. The number of nitrogens with zero attached hydrogens (tertiary/aromatic N) is 1. The summed E-state index contributed by atoms with van der Waals surface area (Å²) < 4.78 is 33.8. The van der Waals surface area contributed by atoms with Crippen LogP contribution < -0.4 is 4.89 Å². The first kappa shape index (κ1) is 55.8. The Labute approximate surface area is 352 Å². The smallest absolute Gasteiger partial charge is 0.306 e. The minimum Gasteiger partial charge on any atom is -0.756 e. The number of unbranched alkanes of at least 4 members (excludes halogenated alkanes) is 28. The van der Waals surface area contributed by atoms with E-state index in [1.54, 1.807) is 0 Å². The fourth-order valence-electron chi connectivity index (χ4n) is 6.77. The Kier molecular flexibility index (Phi) is 39.3. The van der Waals surface area contributed by atoms with Crippen LogP contribution in [0.4, 0.5) is 0 Å². The summed E-state index contributed by atoms with van der Waals surface area (Å²) in [6, 6.07) is 0. The van der Waals surface area contributed by atoms with Crippen LogP contribution in [0.15, 0.2) is 12.2 Å². The van der Waals surface area contributed by atoms with Gasteiger partial charge in [0.05, 0.1) is 27.7 Å². The lowest BCUT2D eigenvalue weighted by Gasteiger charge is -2.28. The number of quaternary nitrogens is 1. The molecule has 0 aromatic rings. The van der Waals surface area contributed by atoms with E-state index in [9.17, 15) is 19.0 Å². The maximum atomic E-state index is 12.7. The molecule has 2 atom stereocenters. The number of rotatable bonds is 44. The molecule has 338 valence electrons. The molecule has 10 heteroatoms. The molecular formula is C47H92NO8P. The number of likely N-dealkylation sites (N-methyl/N-ethyl adjacent to an activating group) is 1. The highest BCUT2D eigenvalue weighted by Gasteiger charge is 2.21. The van der Waals surface area contributed by atoms with E-state index >= 15 is 0 Å². The summed E-state index contributed by atoms with van der Waals surface area (Å²) in [7, 11) is 1.18. The van der Waals surface area contributed by atoms with E-state index in [1.165, 1.54) is 161 Å². The highest BCUT2D eigenvalue weighted by Crippen LogP contribution is 2.38. The van der Waals surface area contributed by atoms with E-state index in [0.29, 0.717) is 17.4 Å². The third-order valence-electron chi connectivity index (χ3n) is 10.5. The van der Waals surface area contributed by atoms with Gasteiger partial charge in [0.1, 0.15) is 19.8 Å². The van der Waals surface area contributed by atoms with Crippen LogP contribution in [0.25, 0.3) is 0 Å². The van der Waals surface area contributed by atoms with Gasteiger partial charge in [-0.25, -0.2) is 0 Å². The second-order valence-electron chi connectivity index (χ2n) is 17.5. The lowest BCUT2D eigenvalue weighted by molar-refractivity contribution is -0.870. The standard InChI is InChI=1S/C47H92NO8P/c1-6-8-10-12-14-16-17-18-19-20-21-22-23-24-25-26-27-28-29-30-31-32-34-36-38-40-47(50)56-45(44-55-57(51,52)54-42-41-48(3,4)5)43-53-46(49)39-37-35-33-15-13-11-9-7-2/h20-21,45H,6-19,22-44H2,1-5H3/b21-20-. The molecule has 0 heterocycles. The van der Waals surface area contributed by atoms with Crippen molar-refractivity contribution in [2.24, 2.45) is 0 Å². The van der Waals surface area contributed by atoms with Crippen LogP contribution >= 0.6 is 7.82 Å². The Hall–Kier alpha value is -1.25. The molecule has 0 rings (SSSR count). The SMILES string of the molecule is CCCCCCCCCC/C=C\CCCCCCCCCCCCCCCC(=O)OC(COC(=O)CCCCCCCCCC)COP(=O)([O-])OCC[N+](C)(C)C. The van der Waals surface area contributed by atoms with Crippen molar-refractivity contribution in [1.29, 1.82) is 0 Å². The third kappa shape index (κ3) is 44.1. The van der Waals surface area contributed by atoms with E-state index in [4.69, 9.17) is 18.5 Å². The van der Waals surface area contributed by atoms with Gasteiger partial charge in [0, 0.05) is 12.8 Å². The van der Waals surface area contributed by atoms with E-state index in [1.807, 2.05) is 21.1 Å². The number of allylic oxidation sites excluding steroid dienone is 2. The number of carbonyl (C=O) groups is 2. The summed E-state index contributed by atoms with van der Waals surface area (Å²) in [5.41, 5.74) is 0. The van der Waals surface area contributed by atoms with Crippen molar-refractivity contribution >= 4 is 19.8 Å². The normalized spacial score (nSPS) is 13.6. The van der Waals surface area contributed by atoms with Gasteiger partial charge in [0.15, 0.2) is 6.10 Å². The van der Waals surface area contributed by atoms with Crippen LogP contribution in [0.3, 0.4) is 0 Å². The van der Waals surface area contributed by atoms with Crippen molar-refractivity contribution in [2.45, 2.75) is 232 Å². The zero-order valence-electron chi connectivity index (χ0n) is 38.1. The largest absolute Gasteiger partial charge is 0.756 e. The second-order valence-corrected chi connectivity index (χ2v) is 18.9. The molecule has 0 aromatic carbocycles. The molecule has 0 radical (unpaired) electrons. The molecule has 57 heavy (non-hydrogen) atoms. The minimum absolute atomic E-state index is 0.0276. The Morgan fingerprint density at radius 2 is 0.895 bits per heavy atom. The molecular weight excluding hydrogens is 737 g/mol. The molecule has 0 fully saturated rings. The number of phosphoric acid groups is 1. The number of phosphoric ester groups is 1. The Morgan fingerprint density at radius 3 is 1.30 bits per heavy atom. The molecule has 0 aliphatic carbocycles. The third-order valence-corrected chi connectivity index (χ3v) is 11.5. The van der Waals surface area contributed by atoms with E-state index in [2.05, 4.69) is 26.0 Å². The lowest BCUT2D eigenvalue weighted by atomic mass is 10.0. The van der Waals surface area contributed by atoms with Crippen LogP contribution in [-0.2, 0) is 32.7 Å². The monoisotopic (exact) mass is 830 g/mol. The van der Waals surface area contributed by atoms with Gasteiger partial charge in [0.2, 0.25) is 0 Å². The maximum absolute atomic E-state index is 12.7. The average molecular weight is 830 g/mol. The molecule has 9 nitrogen and oxygen atoms in total. The van der Waals surface area contributed by atoms with E-state index in [-0.39, 0.29) is 32.0 Å². The first-order valence-electron chi connectivity index (χ1n) is 23.9. The first-order valence-corrected chi connectivity index (χ1v) is 25.4. The predicted molar refractivity (Wildman–Crippen MR) is 236 cm³/mol. The molecule has 2 unspecified atom stereocenters. The number of hydrogen-bond donors (Lipinski definition) is 0. The van der Waals surface area contributed by atoms with Gasteiger partial charge in [-0.15, -0.1) is 0 Å². The van der Waals surface area contributed by atoms with Crippen molar-refractivity contribution in [3.63, 3.8) is 0 Å². The van der Waals surface area contributed by atoms with Crippen LogP contribution in [0, 0.1) is 0 Å². The van der Waals surface area contributed by atoms with Crippen LogP contribution in [0.5, 0.6) is 0 Å². The summed E-state index contributed by atoms with van der Waals surface area (Å²) >= 11 is 0. The highest BCUT2D eigenvalue weighted by molar-refractivity contribution is 7.45. The van der Waals surface area contributed by atoms with Crippen LogP contribution in [0.2, 0.25) is 0 Å². The van der Waals surface area contributed by atoms with Crippen LogP contribution in [0.1, 0.15) is 226 Å². The fourth-order valence-corrected chi connectivity index (χ4v) is 7.50. The van der Waals surface area contributed by atoms with Gasteiger partial charge in [0.25, 0.3) is 7.82 Å². The van der Waals surface area contributed by atoms with Crippen molar-refractivity contribution in [1.82, 2.24) is 0 Å². The predicted octanol–water partition coefficient (Wildman–Crippen LogP) is 13.1. The Balaban J connectivity index is 4.08. The highest BCUT2D eigenvalue weighted by atomic mass is 31.2. The van der Waals surface area contributed by atoms with Gasteiger partial charge < -0.3 is 27.9 Å². The number of hydrogen-bond acceptors (Lipinski definition) is 8. The van der Waals surface area contributed by atoms with E-state index < -0.39 is 26.5 Å². The van der Waals surface area contributed by atoms with Crippen LogP contribution in [-0.4, -0.2) is 70.0 Å². The minimum atomic E-state index is -4.61. The summed E-state index contributed by atoms with van der Waals surface area (Å²) in [5, 5.41) is 0. The summed E-state index contributed by atoms with van der Waals surface area (Å²) in [5.74, 6) is -0.829. The van der Waals surface area contributed by atoms with Gasteiger partial charge in [-0.2, -0.15) is 0 Å². The summed E-state index contributed by atoms with van der Waals surface area (Å²) in [6.45, 7) is 4.22. The van der Waals surface area contributed by atoms with Gasteiger partial charge in [-0.05, 0) is 38.5 Å².